The van der Waals surface area contributed by atoms with Gasteiger partial charge < -0.3 is 15.0 Å². The SMILES string of the molecule is CCOc1ccccc1-c1nc(N2CCN[C@@H](C)C2)n[nH]1. The van der Waals surface area contributed by atoms with E-state index in [-0.39, 0.29) is 0 Å². The Balaban J connectivity index is 1.84. The Morgan fingerprint density at radius 3 is 3.05 bits per heavy atom. The van der Waals surface area contributed by atoms with Crippen LogP contribution in [0.4, 0.5) is 5.95 Å². The van der Waals surface area contributed by atoms with Gasteiger partial charge in [0.1, 0.15) is 5.75 Å². The lowest BCUT2D eigenvalue weighted by atomic mass is 10.2. The average molecular weight is 287 g/mol. The van der Waals surface area contributed by atoms with Crippen LogP contribution in [0.3, 0.4) is 0 Å². The molecule has 0 amide bonds. The maximum atomic E-state index is 5.65. The van der Waals surface area contributed by atoms with E-state index >= 15 is 0 Å². The zero-order valence-corrected chi connectivity index (χ0v) is 12.5. The zero-order valence-electron chi connectivity index (χ0n) is 12.5. The van der Waals surface area contributed by atoms with Crippen molar-refractivity contribution in [3.05, 3.63) is 24.3 Å². The Bertz CT molecular complexity index is 597. The van der Waals surface area contributed by atoms with Gasteiger partial charge in [0.2, 0.25) is 5.95 Å². The van der Waals surface area contributed by atoms with Crippen molar-refractivity contribution in [1.29, 1.82) is 0 Å². The van der Waals surface area contributed by atoms with Crippen molar-refractivity contribution in [2.45, 2.75) is 19.9 Å². The van der Waals surface area contributed by atoms with Crippen LogP contribution >= 0.6 is 0 Å². The predicted octanol–water partition coefficient (Wildman–Crippen LogP) is 1.67. The van der Waals surface area contributed by atoms with Gasteiger partial charge in [-0.25, -0.2) is 0 Å². The highest BCUT2D eigenvalue weighted by Gasteiger charge is 2.20. The maximum absolute atomic E-state index is 5.65. The number of nitrogens with zero attached hydrogens (tertiary/aromatic N) is 3. The lowest BCUT2D eigenvalue weighted by Crippen LogP contribution is -2.49. The van der Waals surface area contributed by atoms with Gasteiger partial charge in [-0.1, -0.05) is 12.1 Å². The van der Waals surface area contributed by atoms with Gasteiger partial charge in [0, 0.05) is 25.7 Å². The molecule has 1 aliphatic heterocycles. The second kappa shape index (κ2) is 6.13. The fourth-order valence-electron chi connectivity index (χ4n) is 2.57. The summed E-state index contributed by atoms with van der Waals surface area (Å²) in [7, 11) is 0. The molecule has 2 heterocycles. The predicted molar refractivity (Wildman–Crippen MR) is 82.7 cm³/mol. The summed E-state index contributed by atoms with van der Waals surface area (Å²) in [6.07, 6.45) is 0. The van der Waals surface area contributed by atoms with E-state index < -0.39 is 0 Å². The van der Waals surface area contributed by atoms with Crippen molar-refractivity contribution in [1.82, 2.24) is 20.5 Å². The number of anilines is 1. The van der Waals surface area contributed by atoms with Crippen molar-refractivity contribution in [3.63, 3.8) is 0 Å². The van der Waals surface area contributed by atoms with Crippen molar-refractivity contribution in [2.24, 2.45) is 0 Å². The van der Waals surface area contributed by atoms with E-state index in [0.29, 0.717) is 12.6 Å². The minimum absolute atomic E-state index is 0.455. The van der Waals surface area contributed by atoms with Crippen molar-refractivity contribution >= 4 is 5.95 Å². The third-order valence-corrected chi connectivity index (χ3v) is 3.57. The summed E-state index contributed by atoms with van der Waals surface area (Å²) >= 11 is 0. The molecule has 6 nitrogen and oxygen atoms in total. The van der Waals surface area contributed by atoms with Crippen LogP contribution < -0.4 is 15.0 Å². The van der Waals surface area contributed by atoms with E-state index in [1.165, 1.54) is 0 Å². The summed E-state index contributed by atoms with van der Waals surface area (Å²) in [4.78, 5) is 6.83. The quantitative estimate of drug-likeness (QED) is 0.895. The lowest BCUT2D eigenvalue weighted by Gasteiger charge is -2.30. The fourth-order valence-corrected chi connectivity index (χ4v) is 2.57. The van der Waals surface area contributed by atoms with Crippen molar-refractivity contribution in [3.8, 4) is 17.1 Å². The number of ether oxygens (including phenoxy) is 1. The summed E-state index contributed by atoms with van der Waals surface area (Å²) in [5.74, 6) is 2.33. The second-order valence-corrected chi connectivity index (χ2v) is 5.21. The Kier molecular flexibility index (Phi) is 4.06. The lowest BCUT2D eigenvalue weighted by molar-refractivity contribution is 0.341. The molecule has 112 valence electrons. The van der Waals surface area contributed by atoms with Gasteiger partial charge in [0.25, 0.3) is 0 Å². The number of benzene rings is 1. The maximum Gasteiger partial charge on any atom is 0.245 e. The zero-order chi connectivity index (χ0) is 14.7. The molecule has 0 bridgehead atoms. The summed E-state index contributed by atoms with van der Waals surface area (Å²) in [5, 5.41) is 10.8. The highest BCUT2D eigenvalue weighted by Crippen LogP contribution is 2.28. The molecular weight excluding hydrogens is 266 g/mol. The number of H-pyrrole nitrogens is 1. The molecule has 0 unspecified atom stereocenters. The highest BCUT2D eigenvalue weighted by atomic mass is 16.5. The van der Waals surface area contributed by atoms with Crippen LogP contribution in [0.1, 0.15) is 13.8 Å². The molecule has 1 aliphatic rings. The second-order valence-electron chi connectivity index (χ2n) is 5.21. The van der Waals surface area contributed by atoms with Gasteiger partial charge in [0.15, 0.2) is 5.82 Å². The first-order valence-corrected chi connectivity index (χ1v) is 7.41. The van der Waals surface area contributed by atoms with Gasteiger partial charge in [-0.2, -0.15) is 4.98 Å². The highest BCUT2D eigenvalue weighted by molar-refractivity contribution is 5.64. The molecule has 3 rings (SSSR count). The van der Waals surface area contributed by atoms with E-state index in [2.05, 4.69) is 32.3 Å². The molecule has 1 fully saturated rings. The molecule has 1 atom stereocenters. The van der Waals surface area contributed by atoms with E-state index in [4.69, 9.17) is 4.74 Å². The number of aromatic amines is 1. The molecule has 2 aromatic rings. The van der Waals surface area contributed by atoms with Gasteiger partial charge in [0.05, 0.1) is 12.2 Å². The molecule has 21 heavy (non-hydrogen) atoms. The Labute approximate surface area is 124 Å². The average Bonchev–Trinajstić information content (AvgIpc) is 2.98. The molecule has 1 aromatic heterocycles. The van der Waals surface area contributed by atoms with Crippen LogP contribution in [0.2, 0.25) is 0 Å². The van der Waals surface area contributed by atoms with Crippen LogP contribution in [0.25, 0.3) is 11.4 Å². The van der Waals surface area contributed by atoms with Crippen LogP contribution in [-0.4, -0.2) is 47.5 Å². The van der Waals surface area contributed by atoms with Gasteiger partial charge in [-0.3, -0.25) is 5.10 Å². The largest absolute Gasteiger partial charge is 0.493 e. The third-order valence-electron chi connectivity index (χ3n) is 3.57. The molecule has 0 radical (unpaired) electrons. The Hall–Kier alpha value is -2.08. The molecule has 0 saturated carbocycles. The number of piperazine rings is 1. The molecule has 6 heteroatoms. The van der Waals surface area contributed by atoms with Crippen molar-refractivity contribution in [2.75, 3.05) is 31.1 Å². The van der Waals surface area contributed by atoms with Gasteiger partial charge in [-0.05, 0) is 26.0 Å². The Morgan fingerprint density at radius 2 is 2.24 bits per heavy atom. The first kappa shape index (κ1) is 13.9. The fraction of sp³-hybridized carbons (Fsp3) is 0.467. The number of hydrogen-bond donors (Lipinski definition) is 2. The monoisotopic (exact) mass is 287 g/mol. The number of para-hydroxylation sites is 1. The smallest absolute Gasteiger partial charge is 0.245 e. The molecular formula is C15H21N5O. The first-order chi connectivity index (χ1) is 10.3. The van der Waals surface area contributed by atoms with Gasteiger partial charge in [-0.15, -0.1) is 5.10 Å². The van der Waals surface area contributed by atoms with E-state index in [9.17, 15) is 0 Å². The minimum Gasteiger partial charge on any atom is -0.493 e. The first-order valence-electron chi connectivity index (χ1n) is 7.41. The molecule has 1 aromatic carbocycles. The van der Waals surface area contributed by atoms with Crippen LogP contribution in [0.5, 0.6) is 5.75 Å². The number of nitrogens with one attached hydrogen (secondary N) is 2. The summed E-state index contributed by atoms with van der Waals surface area (Å²) in [6, 6.07) is 8.34. The normalized spacial score (nSPS) is 18.8. The van der Waals surface area contributed by atoms with Crippen molar-refractivity contribution < 1.29 is 4.74 Å². The molecule has 1 saturated heterocycles. The van der Waals surface area contributed by atoms with E-state index in [0.717, 1.165) is 42.7 Å². The third kappa shape index (κ3) is 3.00. The number of aromatic nitrogens is 3. The van der Waals surface area contributed by atoms with Crippen LogP contribution in [0, 0.1) is 0 Å². The molecule has 0 aliphatic carbocycles. The number of rotatable bonds is 4. The standard InChI is InChI=1S/C15H21N5O/c1-3-21-13-7-5-4-6-12(13)14-17-15(19-18-14)20-9-8-16-11(2)10-20/h4-7,11,16H,3,8-10H2,1-2H3,(H,17,18,19)/t11-/m0/s1. The van der Waals surface area contributed by atoms with Crippen LogP contribution in [0.15, 0.2) is 24.3 Å². The van der Waals surface area contributed by atoms with E-state index in [1.807, 2.05) is 31.2 Å². The minimum atomic E-state index is 0.455. The summed E-state index contributed by atoms with van der Waals surface area (Å²) in [6.45, 7) is 7.59. The Morgan fingerprint density at radius 1 is 1.38 bits per heavy atom. The number of hydrogen-bond acceptors (Lipinski definition) is 5. The summed E-state index contributed by atoms with van der Waals surface area (Å²) < 4.78 is 5.65. The van der Waals surface area contributed by atoms with Gasteiger partial charge >= 0.3 is 0 Å². The van der Waals surface area contributed by atoms with E-state index in [1.54, 1.807) is 0 Å². The summed E-state index contributed by atoms with van der Waals surface area (Å²) in [5.41, 5.74) is 0.946. The molecule has 2 N–H and O–H groups in total. The van der Waals surface area contributed by atoms with Crippen LogP contribution in [-0.2, 0) is 0 Å². The molecule has 0 spiro atoms. The topological polar surface area (TPSA) is 66.1 Å².